The topological polar surface area (TPSA) is 41.9 Å². The third kappa shape index (κ3) is 2.76. The number of phenols is 1. The number of hydrogen-bond acceptors (Lipinski definition) is 4. The van der Waals surface area contributed by atoms with Gasteiger partial charge >= 0.3 is 0 Å². The molecule has 0 radical (unpaired) electrons. The van der Waals surface area contributed by atoms with E-state index in [1.54, 1.807) is 13.2 Å². The summed E-state index contributed by atoms with van der Waals surface area (Å²) < 4.78 is 11.0. The lowest BCUT2D eigenvalue weighted by Gasteiger charge is -2.43. The van der Waals surface area contributed by atoms with Gasteiger partial charge in [0.1, 0.15) is 11.5 Å². The molecule has 0 amide bonds. The molecule has 1 aromatic carbocycles. The van der Waals surface area contributed by atoms with Crippen molar-refractivity contribution in [2.75, 3.05) is 20.3 Å². The summed E-state index contributed by atoms with van der Waals surface area (Å²) in [4.78, 5) is 2.47. The fourth-order valence-corrected chi connectivity index (χ4v) is 3.40. The van der Waals surface area contributed by atoms with Gasteiger partial charge in [0.05, 0.1) is 19.8 Å². The molecule has 20 heavy (non-hydrogen) atoms. The van der Waals surface area contributed by atoms with E-state index in [9.17, 15) is 5.11 Å². The van der Waals surface area contributed by atoms with E-state index in [1.165, 1.54) is 25.7 Å². The van der Waals surface area contributed by atoms with Crippen LogP contribution in [0.5, 0.6) is 11.5 Å². The zero-order chi connectivity index (χ0) is 13.9. The monoisotopic (exact) mass is 277 g/mol. The molecule has 2 unspecified atom stereocenters. The lowest BCUT2D eigenvalue weighted by atomic mass is 9.90. The minimum absolute atomic E-state index is 0.322. The number of methoxy groups -OCH3 is 1. The lowest BCUT2D eigenvalue weighted by molar-refractivity contribution is -0.0912. The minimum Gasteiger partial charge on any atom is -0.507 e. The van der Waals surface area contributed by atoms with Crippen molar-refractivity contribution in [1.29, 1.82) is 0 Å². The van der Waals surface area contributed by atoms with Gasteiger partial charge in [-0.05, 0) is 18.9 Å². The molecule has 0 spiro atoms. The van der Waals surface area contributed by atoms with Crippen molar-refractivity contribution < 1.29 is 14.6 Å². The SMILES string of the molecule is COc1ccc(CN2CCOC3CCCCC32)c(O)c1. The largest absolute Gasteiger partial charge is 0.507 e. The maximum Gasteiger partial charge on any atom is 0.123 e. The van der Waals surface area contributed by atoms with Gasteiger partial charge < -0.3 is 14.6 Å². The highest BCUT2D eigenvalue weighted by molar-refractivity contribution is 5.39. The third-order valence-corrected chi connectivity index (χ3v) is 4.51. The van der Waals surface area contributed by atoms with Crippen LogP contribution in [0.15, 0.2) is 18.2 Å². The Labute approximate surface area is 120 Å². The first-order valence-electron chi connectivity index (χ1n) is 7.49. The molecule has 1 saturated carbocycles. The number of rotatable bonds is 3. The standard InChI is InChI=1S/C16H23NO3/c1-19-13-7-6-12(15(18)10-13)11-17-8-9-20-16-5-3-2-4-14(16)17/h6-7,10,14,16,18H,2-5,8-9,11H2,1H3. The Kier molecular flexibility index (Phi) is 4.13. The Morgan fingerprint density at radius 2 is 2.20 bits per heavy atom. The molecule has 4 nitrogen and oxygen atoms in total. The number of benzene rings is 1. The highest BCUT2D eigenvalue weighted by Gasteiger charge is 2.34. The van der Waals surface area contributed by atoms with Crippen molar-refractivity contribution in [2.45, 2.75) is 44.4 Å². The van der Waals surface area contributed by atoms with Crippen molar-refractivity contribution in [3.8, 4) is 11.5 Å². The summed E-state index contributed by atoms with van der Waals surface area (Å²) in [5, 5.41) is 10.1. The van der Waals surface area contributed by atoms with Gasteiger partial charge in [0, 0.05) is 30.8 Å². The second-order valence-corrected chi connectivity index (χ2v) is 5.73. The molecule has 0 bridgehead atoms. The summed E-state index contributed by atoms with van der Waals surface area (Å²) in [5.74, 6) is 1.02. The molecule has 1 aromatic rings. The van der Waals surface area contributed by atoms with E-state index < -0.39 is 0 Å². The average molecular weight is 277 g/mol. The lowest BCUT2D eigenvalue weighted by Crippen LogP contribution is -2.52. The van der Waals surface area contributed by atoms with E-state index in [2.05, 4.69) is 4.90 Å². The number of hydrogen-bond donors (Lipinski definition) is 1. The molecule has 1 N–H and O–H groups in total. The van der Waals surface area contributed by atoms with Gasteiger partial charge in [-0.3, -0.25) is 4.90 Å². The highest BCUT2D eigenvalue weighted by atomic mass is 16.5. The number of phenolic OH excluding ortho intramolecular Hbond substituents is 1. The molecule has 1 aliphatic heterocycles. The smallest absolute Gasteiger partial charge is 0.123 e. The molecule has 0 aromatic heterocycles. The van der Waals surface area contributed by atoms with Crippen LogP contribution in [0.25, 0.3) is 0 Å². The van der Waals surface area contributed by atoms with Crippen LogP contribution in [-0.2, 0) is 11.3 Å². The van der Waals surface area contributed by atoms with Crippen molar-refractivity contribution in [2.24, 2.45) is 0 Å². The molecule has 2 fully saturated rings. The first kappa shape index (κ1) is 13.7. The van der Waals surface area contributed by atoms with E-state index >= 15 is 0 Å². The molecular formula is C16H23NO3. The van der Waals surface area contributed by atoms with Crippen LogP contribution in [0.1, 0.15) is 31.2 Å². The summed E-state index contributed by atoms with van der Waals surface area (Å²) in [7, 11) is 1.61. The zero-order valence-electron chi connectivity index (χ0n) is 12.0. The minimum atomic E-state index is 0.322. The van der Waals surface area contributed by atoms with E-state index in [1.807, 2.05) is 12.1 Å². The summed E-state index contributed by atoms with van der Waals surface area (Å²) in [6.45, 7) is 2.55. The summed E-state index contributed by atoms with van der Waals surface area (Å²) >= 11 is 0. The highest BCUT2D eigenvalue weighted by Crippen LogP contribution is 2.31. The molecule has 2 atom stereocenters. The van der Waals surface area contributed by atoms with E-state index in [4.69, 9.17) is 9.47 Å². The first-order valence-corrected chi connectivity index (χ1v) is 7.49. The van der Waals surface area contributed by atoms with E-state index in [-0.39, 0.29) is 0 Å². The van der Waals surface area contributed by atoms with Crippen molar-refractivity contribution >= 4 is 0 Å². The maximum absolute atomic E-state index is 10.1. The van der Waals surface area contributed by atoms with Gasteiger partial charge in [0.2, 0.25) is 0 Å². The molecular weight excluding hydrogens is 254 g/mol. The summed E-state index contributed by atoms with van der Waals surface area (Å²) in [6, 6.07) is 6.07. The molecule has 1 heterocycles. The molecule has 2 aliphatic rings. The van der Waals surface area contributed by atoms with Gasteiger partial charge in [0.15, 0.2) is 0 Å². The summed E-state index contributed by atoms with van der Waals surface area (Å²) in [6.07, 6.45) is 5.34. The fraction of sp³-hybridized carbons (Fsp3) is 0.625. The Bertz CT molecular complexity index is 461. The van der Waals surface area contributed by atoms with E-state index in [0.717, 1.165) is 25.3 Å². The number of nitrogens with zero attached hydrogens (tertiary/aromatic N) is 1. The van der Waals surface area contributed by atoms with Crippen LogP contribution in [0.2, 0.25) is 0 Å². The van der Waals surface area contributed by atoms with Crippen LogP contribution >= 0.6 is 0 Å². The predicted octanol–water partition coefficient (Wildman–Crippen LogP) is 2.54. The first-order chi connectivity index (χ1) is 9.78. The Morgan fingerprint density at radius 1 is 1.35 bits per heavy atom. The van der Waals surface area contributed by atoms with Crippen LogP contribution < -0.4 is 4.74 Å². The number of ether oxygens (including phenoxy) is 2. The molecule has 1 saturated heterocycles. The molecule has 110 valence electrons. The zero-order valence-corrected chi connectivity index (χ0v) is 12.0. The van der Waals surface area contributed by atoms with Crippen LogP contribution in [-0.4, -0.2) is 42.4 Å². The number of fused-ring (bicyclic) bond motifs is 1. The maximum atomic E-state index is 10.1. The van der Waals surface area contributed by atoms with E-state index in [0.29, 0.717) is 23.6 Å². The Balaban J connectivity index is 1.72. The number of aromatic hydroxyl groups is 1. The van der Waals surface area contributed by atoms with Crippen molar-refractivity contribution in [3.05, 3.63) is 23.8 Å². The third-order valence-electron chi connectivity index (χ3n) is 4.51. The normalized spacial score (nSPS) is 27.1. The second-order valence-electron chi connectivity index (χ2n) is 5.73. The molecule has 1 aliphatic carbocycles. The van der Waals surface area contributed by atoms with Gasteiger partial charge in [-0.2, -0.15) is 0 Å². The molecule has 4 heteroatoms. The van der Waals surface area contributed by atoms with Gasteiger partial charge in [-0.15, -0.1) is 0 Å². The quantitative estimate of drug-likeness (QED) is 0.922. The second kappa shape index (κ2) is 6.02. The van der Waals surface area contributed by atoms with Gasteiger partial charge in [0.25, 0.3) is 0 Å². The predicted molar refractivity (Wildman–Crippen MR) is 77.1 cm³/mol. The molecule has 3 rings (SSSR count). The van der Waals surface area contributed by atoms with Gasteiger partial charge in [-0.1, -0.05) is 18.9 Å². The van der Waals surface area contributed by atoms with Crippen LogP contribution in [0, 0.1) is 0 Å². The number of morpholine rings is 1. The Morgan fingerprint density at radius 3 is 3.00 bits per heavy atom. The van der Waals surface area contributed by atoms with Crippen LogP contribution in [0.3, 0.4) is 0 Å². The van der Waals surface area contributed by atoms with Crippen LogP contribution in [0.4, 0.5) is 0 Å². The van der Waals surface area contributed by atoms with Crippen molar-refractivity contribution in [3.63, 3.8) is 0 Å². The summed E-state index contributed by atoms with van der Waals surface area (Å²) in [5.41, 5.74) is 0.969. The average Bonchev–Trinajstić information content (AvgIpc) is 2.49. The fourth-order valence-electron chi connectivity index (χ4n) is 3.40. The van der Waals surface area contributed by atoms with Crippen molar-refractivity contribution in [1.82, 2.24) is 4.90 Å². The Hall–Kier alpha value is -1.26. The van der Waals surface area contributed by atoms with Gasteiger partial charge in [-0.25, -0.2) is 0 Å².